The van der Waals surface area contributed by atoms with Crippen molar-refractivity contribution in [1.29, 1.82) is 0 Å². The zero-order valence-corrected chi connectivity index (χ0v) is 13.7. The molecule has 2 N–H and O–H groups in total. The van der Waals surface area contributed by atoms with Gasteiger partial charge < -0.3 is 10.5 Å². The molecule has 0 aromatic heterocycles. The summed E-state index contributed by atoms with van der Waals surface area (Å²) in [6.45, 7) is 6.32. The van der Waals surface area contributed by atoms with Crippen molar-refractivity contribution in [3.63, 3.8) is 0 Å². The summed E-state index contributed by atoms with van der Waals surface area (Å²) in [6, 6.07) is -0.0639. The summed E-state index contributed by atoms with van der Waals surface area (Å²) < 4.78 is 33.8. The first-order valence-electron chi connectivity index (χ1n) is 7.39. The van der Waals surface area contributed by atoms with Crippen molar-refractivity contribution in [2.24, 2.45) is 11.7 Å². The van der Waals surface area contributed by atoms with Gasteiger partial charge in [0.1, 0.15) is 0 Å². The summed E-state index contributed by atoms with van der Waals surface area (Å²) in [5, 5.41) is 0. The molecular formula is C13H29N3O3S. The Hall–Kier alpha value is -0.210. The molecule has 1 saturated heterocycles. The van der Waals surface area contributed by atoms with E-state index in [0.29, 0.717) is 32.8 Å². The van der Waals surface area contributed by atoms with Gasteiger partial charge in [-0.2, -0.15) is 17.0 Å². The normalized spacial score (nSPS) is 21.8. The highest BCUT2D eigenvalue weighted by atomic mass is 32.2. The topological polar surface area (TPSA) is 75.9 Å². The number of hydrogen-bond acceptors (Lipinski definition) is 4. The van der Waals surface area contributed by atoms with Crippen molar-refractivity contribution in [2.75, 3.05) is 39.9 Å². The van der Waals surface area contributed by atoms with Crippen LogP contribution in [0.25, 0.3) is 0 Å². The van der Waals surface area contributed by atoms with E-state index in [4.69, 9.17) is 10.5 Å². The quantitative estimate of drug-likeness (QED) is 0.714. The molecule has 1 unspecified atom stereocenters. The molecule has 1 atom stereocenters. The predicted octanol–water partition coefficient (Wildman–Crippen LogP) is 0.649. The predicted molar refractivity (Wildman–Crippen MR) is 80.6 cm³/mol. The van der Waals surface area contributed by atoms with Crippen LogP contribution in [-0.4, -0.2) is 63.0 Å². The molecule has 0 amide bonds. The molecular weight excluding hydrogens is 278 g/mol. The molecule has 7 heteroatoms. The molecule has 0 bridgehead atoms. The number of nitrogens with zero attached hydrogens (tertiary/aromatic N) is 2. The van der Waals surface area contributed by atoms with E-state index in [0.717, 1.165) is 19.3 Å². The largest absolute Gasteiger partial charge is 0.383 e. The van der Waals surface area contributed by atoms with E-state index in [9.17, 15) is 8.42 Å². The molecule has 1 aliphatic rings. The van der Waals surface area contributed by atoms with Crippen molar-refractivity contribution in [1.82, 2.24) is 8.61 Å². The van der Waals surface area contributed by atoms with Gasteiger partial charge in [-0.25, -0.2) is 0 Å². The van der Waals surface area contributed by atoms with Crippen molar-refractivity contribution >= 4 is 10.2 Å². The Kier molecular flexibility index (Phi) is 7.39. The lowest BCUT2D eigenvalue weighted by Crippen LogP contribution is -2.54. The highest BCUT2D eigenvalue weighted by Crippen LogP contribution is 2.22. The highest BCUT2D eigenvalue weighted by molar-refractivity contribution is 7.86. The van der Waals surface area contributed by atoms with Crippen molar-refractivity contribution in [3.05, 3.63) is 0 Å². The second-order valence-electron chi connectivity index (χ2n) is 5.75. The molecule has 20 heavy (non-hydrogen) atoms. The number of rotatable bonds is 8. The van der Waals surface area contributed by atoms with Crippen LogP contribution in [0.5, 0.6) is 0 Å². The van der Waals surface area contributed by atoms with E-state index in [1.807, 2.05) is 13.8 Å². The van der Waals surface area contributed by atoms with Gasteiger partial charge in [0.05, 0.1) is 6.61 Å². The highest BCUT2D eigenvalue weighted by Gasteiger charge is 2.35. The van der Waals surface area contributed by atoms with Crippen molar-refractivity contribution < 1.29 is 13.2 Å². The van der Waals surface area contributed by atoms with Crippen molar-refractivity contribution in [2.45, 2.75) is 39.2 Å². The van der Waals surface area contributed by atoms with E-state index in [1.54, 1.807) is 11.4 Å². The summed E-state index contributed by atoms with van der Waals surface area (Å²) in [5.41, 5.74) is 5.74. The first-order valence-corrected chi connectivity index (χ1v) is 8.79. The van der Waals surface area contributed by atoms with Crippen LogP contribution in [0.2, 0.25) is 0 Å². The maximum Gasteiger partial charge on any atom is 0.282 e. The molecule has 1 rings (SSSR count). The lowest BCUT2D eigenvalue weighted by molar-refractivity contribution is 0.166. The van der Waals surface area contributed by atoms with Gasteiger partial charge >= 0.3 is 0 Å². The summed E-state index contributed by atoms with van der Waals surface area (Å²) in [6.07, 6.45) is 2.82. The van der Waals surface area contributed by atoms with Crippen molar-refractivity contribution in [3.8, 4) is 0 Å². The molecule has 0 aromatic rings. The minimum absolute atomic E-state index is 0.0639. The van der Waals surface area contributed by atoms with Crippen LogP contribution < -0.4 is 5.73 Å². The SMILES string of the molecule is COCCN(CC(C)C)S(=O)(=O)N1CCCCC1CN. The zero-order valence-electron chi connectivity index (χ0n) is 12.9. The summed E-state index contributed by atoms with van der Waals surface area (Å²) >= 11 is 0. The second-order valence-corrected chi connectivity index (χ2v) is 7.63. The van der Waals surface area contributed by atoms with Gasteiger partial charge in [-0.3, -0.25) is 0 Å². The van der Waals surface area contributed by atoms with Gasteiger partial charge in [0.2, 0.25) is 0 Å². The molecule has 0 radical (unpaired) electrons. The van der Waals surface area contributed by atoms with Crippen LogP contribution in [0, 0.1) is 5.92 Å². The Labute approximate surface area is 123 Å². The molecule has 0 spiro atoms. The van der Waals surface area contributed by atoms with E-state index >= 15 is 0 Å². The fourth-order valence-corrected chi connectivity index (χ4v) is 4.58. The molecule has 120 valence electrons. The fourth-order valence-electron chi connectivity index (χ4n) is 2.56. The number of ether oxygens (including phenoxy) is 1. The smallest absolute Gasteiger partial charge is 0.282 e. The molecule has 6 nitrogen and oxygen atoms in total. The Bertz CT molecular complexity index is 373. The second kappa shape index (κ2) is 8.29. The average molecular weight is 307 g/mol. The van der Waals surface area contributed by atoms with Gasteiger partial charge in [-0.05, 0) is 18.8 Å². The van der Waals surface area contributed by atoms with Crippen LogP contribution in [-0.2, 0) is 14.9 Å². The Morgan fingerprint density at radius 2 is 2.10 bits per heavy atom. The summed E-state index contributed by atoms with van der Waals surface area (Å²) in [7, 11) is -1.86. The zero-order chi connectivity index (χ0) is 15.2. The van der Waals surface area contributed by atoms with E-state index in [1.165, 1.54) is 4.31 Å². The summed E-state index contributed by atoms with van der Waals surface area (Å²) in [4.78, 5) is 0. The molecule has 0 aromatic carbocycles. The summed E-state index contributed by atoms with van der Waals surface area (Å²) in [5.74, 6) is 0.280. The van der Waals surface area contributed by atoms with Gasteiger partial charge in [0.25, 0.3) is 10.2 Å². The molecule has 0 aliphatic carbocycles. The Morgan fingerprint density at radius 1 is 1.40 bits per heavy atom. The van der Waals surface area contributed by atoms with Gasteiger partial charge in [-0.1, -0.05) is 20.3 Å². The first kappa shape index (κ1) is 17.8. The van der Waals surface area contributed by atoms with E-state index in [2.05, 4.69) is 0 Å². The molecule has 1 heterocycles. The third-order valence-corrected chi connectivity index (χ3v) is 5.64. The number of nitrogens with two attached hydrogens (primary N) is 1. The Balaban J connectivity index is 2.88. The van der Waals surface area contributed by atoms with Crippen LogP contribution >= 0.6 is 0 Å². The van der Waals surface area contributed by atoms with Gasteiger partial charge in [0, 0.05) is 39.3 Å². The third-order valence-electron chi connectivity index (χ3n) is 3.58. The van der Waals surface area contributed by atoms with Gasteiger partial charge in [0.15, 0.2) is 0 Å². The number of hydrogen-bond donors (Lipinski definition) is 1. The fraction of sp³-hybridized carbons (Fsp3) is 1.00. The molecule has 0 saturated carbocycles. The van der Waals surface area contributed by atoms with Crippen LogP contribution in [0.15, 0.2) is 0 Å². The van der Waals surface area contributed by atoms with Gasteiger partial charge in [-0.15, -0.1) is 0 Å². The lowest BCUT2D eigenvalue weighted by atomic mass is 10.1. The van der Waals surface area contributed by atoms with E-state index < -0.39 is 10.2 Å². The lowest BCUT2D eigenvalue weighted by Gasteiger charge is -2.38. The van der Waals surface area contributed by atoms with E-state index in [-0.39, 0.29) is 12.0 Å². The van der Waals surface area contributed by atoms with Crippen LogP contribution in [0.3, 0.4) is 0 Å². The molecule has 1 fully saturated rings. The molecule has 1 aliphatic heterocycles. The standard InChI is InChI=1S/C13H29N3O3S/c1-12(2)11-15(8-9-19-3)20(17,18)16-7-5-4-6-13(16)10-14/h12-13H,4-11,14H2,1-3H3. The average Bonchev–Trinajstić information content (AvgIpc) is 2.42. The third kappa shape index (κ3) is 4.66. The minimum Gasteiger partial charge on any atom is -0.383 e. The maximum atomic E-state index is 12.8. The first-order chi connectivity index (χ1) is 9.43. The van der Waals surface area contributed by atoms with Crippen LogP contribution in [0.4, 0.5) is 0 Å². The van der Waals surface area contributed by atoms with Crippen LogP contribution in [0.1, 0.15) is 33.1 Å². The number of methoxy groups -OCH3 is 1. The maximum absolute atomic E-state index is 12.8. The minimum atomic E-state index is -3.45. The number of piperidine rings is 1. The monoisotopic (exact) mass is 307 g/mol. The Morgan fingerprint density at radius 3 is 2.65 bits per heavy atom.